The second-order valence-electron chi connectivity index (χ2n) is 3.83. The van der Waals surface area contributed by atoms with Crippen molar-refractivity contribution in [2.45, 2.75) is 19.4 Å². The van der Waals surface area contributed by atoms with E-state index in [4.69, 9.17) is 5.11 Å². The zero-order valence-electron chi connectivity index (χ0n) is 8.82. The molecule has 1 atom stereocenters. The molecule has 84 valence electrons. The lowest BCUT2D eigenvalue weighted by Crippen LogP contribution is -2.56. The third-order valence-electron chi connectivity index (χ3n) is 2.28. The Morgan fingerprint density at radius 1 is 1.73 bits per heavy atom. The number of hydrogen-bond donors (Lipinski definition) is 2. The maximum atomic E-state index is 11.5. The van der Waals surface area contributed by atoms with Crippen LogP contribution in [0.1, 0.15) is 13.3 Å². The van der Waals surface area contributed by atoms with Crippen LogP contribution >= 0.6 is 0 Å². The summed E-state index contributed by atoms with van der Waals surface area (Å²) in [7, 11) is 0. The number of rotatable bonds is 4. The molecule has 1 aliphatic rings. The first-order valence-corrected chi connectivity index (χ1v) is 4.88. The van der Waals surface area contributed by atoms with Gasteiger partial charge in [-0.05, 0) is 6.92 Å². The molecule has 5 nitrogen and oxygen atoms in total. The zero-order valence-corrected chi connectivity index (χ0v) is 8.82. The van der Waals surface area contributed by atoms with Crippen molar-refractivity contribution in [2.24, 2.45) is 0 Å². The number of nitrogens with one attached hydrogen (secondary N) is 1. The number of carbonyl (C=O) groups is 2. The van der Waals surface area contributed by atoms with Crippen molar-refractivity contribution in [2.75, 3.05) is 19.6 Å². The van der Waals surface area contributed by atoms with Gasteiger partial charge >= 0.3 is 5.97 Å². The fourth-order valence-electron chi connectivity index (χ4n) is 1.69. The Labute approximate surface area is 88.8 Å². The van der Waals surface area contributed by atoms with Gasteiger partial charge in [-0.2, -0.15) is 0 Å². The third-order valence-corrected chi connectivity index (χ3v) is 2.28. The van der Waals surface area contributed by atoms with Crippen LogP contribution in [0.5, 0.6) is 0 Å². The number of piperazine rings is 1. The molecule has 1 unspecified atom stereocenters. The van der Waals surface area contributed by atoms with E-state index in [1.807, 2.05) is 11.8 Å². The zero-order chi connectivity index (χ0) is 11.4. The van der Waals surface area contributed by atoms with Gasteiger partial charge in [0.25, 0.3) is 0 Å². The molecular weight excluding hydrogens is 196 g/mol. The largest absolute Gasteiger partial charge is 0.481 e. The van der Waals surface area contributed by atoms with Gasteiger partial charge in [-0.15, -0.1) is 0 Å². The van der Waals surface area contributed by atoms with E-state index in [1.54, 1.807) is 0 Å². The summed E-state index contributed by atoms with van der Waals surface area (Å²) in [5.74, 6) is -1.16. The van der Waals surface area contributed by atoms with E-state index in [0.29, 0.717) is 19.6 Å². The van der Waals surface area contributed by atoms with Crippen LogP contribution in [0.2, 0.25) is 0 Å². The highest BCUT2D eigenvalue weighted by Gasteiger charge is 2.31. The number of aliphatic carboxylic acids is 1. The summed E-state index contributed by atoms with van der Waals surface area (Å²) in [6.07, 6.45) is -0.154. The molecule has 0 aromatic carbocycles. The molecular formula is C10H16N2O3. The SMILES string of the molecule is C=C(C)CN1CCNC(=O)C1CC(=O)O. The van der Waals surface area contributed by atoms with Crippen LogP contribution < -0.4 is 5.32 Å². The normalized spacial score (nSPS) is 22.2. The van der Waals surface area contributed by atoms with Crippen molar-refractivity contribution in [3.63, 3.8) is 0 Å². The molecule has 1 amide bonds. The third kappa shape index (κ3) is 3.36. The topological polar surface area (TPSA) is 69.6 Å². The van der Waals surface area contributed by atoms with Gasteiger partial charge in [0.1, 0.15) is 0 Å². The van der Waals surface area contributed by atoms with Crippen LogP contribution in [0.3, 0.4) is 0 Å². The molecule has 0 spiro atoms. The summed E-state index contributed by atoms with van der Waals surface area (Å²) < 4.78 is 0. The minimum Gasteiger partial charge on any atom is -0.481 e. The Kier molecular flexibility index (Phi) is 3.85. The predicted molar refractivity (Wildman–Crippen MR) is 55.4 cm³/mol. The Bertz CT molecular complexity index is 288. The summed E-state index contributed by atoms with van der Waals surface area (Å²) in [5.41, 5.74) is 0.931. The van der Waals surface area contributed by atoms with Gasteiger partial charge in [0.05, 0.1) is 12.5 Å². The predicted octanol–water partition coefficient (Wildman–Crippen LogP) is -0.162. The minimum atomic E-state index is -0.955. The average Bonchev–Trinajstić information content (AvgIpc) is 2.09. The second-order valence-corrected chi connectivity index (χ2v) is 3.83. The molecule has 1 rings (SSSR count). The molecule has 0 saturated carbocycles. The summed E-state index contributed by atoms with van der Waals surface area (Å²) in [6.45, 7) is 7.46. The van der Waals surface area contributed by atoms with Crippen LogP contribution in [0.4, 0.5) is 0 Å². The molecule has 1 saturated heterocycles. The Morgan fingerprint density at radius 3 is 2.93 bits per heavy atom. The van der Waals surface area contributed by atoms with Crippen LogP contribution in [-0.2, 0) is 9.59 Å². The summed E-state index contributed by atoms with van der Waals surface area (Å²) >= 11 is 0. The Hall–Kier alpha value is -1.36. The molecule has 1 aliphatic heterocycles. The molecule has 1 fully saturated rings. The highest BCUT2D eigenvalue weighted by Crippen LogP contribution is 2.10. The lowest BCUT2D eigenvalue weighted by molar-refractivity contribution is -0.143. The molecule has 0 aliphatic carbocycles. The molecule has 0 aromatic heterocycles. The molecule has 0 radical (unpaired) electrons. The number of carboxylic acid groups (broad SMARTS) is 1. The van der Waals surface area contributed by atoms with E-state index in [1.165, 1.54) is 0 Å². The molecule has 5 heteroatoms. The first-order chi connectivity index (χ1) is 7.00. The van der Waals surface area contributed by atoms with Crippen LogP contribution in [-0.4, -0.2) is 47.6 Å². The van der Waals surface area contributed by atoms with E-state index in [-0.39, 0.29) is 12.3 Å². The van der Waals surface area contributed by atoms with Gasteiger partial charge in [-0.1, -0.05) is 12.2 Å². The fourth-order valence-corrected chi connectivity index (χ4v) is 1.69. The quantitative estimate of drug-likeness (QED) is 0.635. The number of nitrogens with zero attached hydrogens (tertiary/aromatic N) is 1. The van der Waals surface area contributed by atoms with Gasteiger partial charge in [-0.25, -0.2) is 0 Å². The molecule has 0 aromatic rings. The van der Waals surface area contributed by atoms with Crippen molar-refractivity contribution in [1.82, 2.24) is 10.2 Å². The summed E-state index contributed by atoms with van der Waals surface area (Å²) in [6, 6.07) is -0.562. The Balaban J connectivity index is 2.67. The maximum Gasteiger partial charge on any atom is 0.305 e. The highest BCUT2D eigenvalue weighted by molar-refractivity contribution is 5.86. The molecule has 0 bridgehead atoms. The van der Waals surface area contributed by atoms with Gasteiger partial charge < -0.3 is 10.4 Å². The summed E-state index contributed by atoms with van der Waals surface area (Å²) in [4.78, 5) is 23.9. The monoisotopic (exact) mass is 212 g/mol. The van der Waals surface area contributed by atoms with Gasteiger partial charge in [0, 0.05) is 19.6 Å². The van der Waals surface area contributed by atoms with Crippen molar-refractivity contribution in [3.05, 3.63) is 12.2 Å². The maximum absolute atomic E-state index is 11.5. The first kappa shape index (κ1) is 11.7. The van der Waals surface area contributed by atoms with E-state index in [0.717, 1.165) is 5.57 Å². The van der Waals surface area contributed by atoms with Gasteiger partial charge in [0.15, 0.2) is 0 Å². The summed E-state index contributed by atoms with van der Waals surface area (Å²) in [5, 5.41) is 11.4. The minimum absolute atomic E-state index is 0.154. The standard InChI is InChI=1S/C10H16N2O3/c1-7(2)6-12-4-3-11-10(15)8(12)5-9(13)14/h8H,1,3-6H2,2H3,(H,11,15)(H,13,14). The molecule has 1 heterocycles. The number of carboxylic acids is 1. The van der Waals surface area contributed by atoms with E-state index in [2.05, 4.69) is 11.9 Å². The van der Waals surface area contributed by atoms with Crippen molar-refractivity contribution >= 4 is 11.9 Å². The average molecular weight is 212 g/mol. The number of hydrogen-bond acceptors (Lipinski definition) is 3. The first-order valence-electron chi connectivity index (χ1n) is 4.88. The van der Waals surface area contributed by atoms with E-state index >= 15 is 0 Å². The second kappa shape index (κ2) is 4.93. The highest BCUT2D eigenvalue weighted by atomic mass is 16.4. The van der Waals surface area contributed by atoms with E-state index < -0.39 is 12.0 Å². The molecule has 15 heavy (non-hydrogen) atoms. The van der Waals surface area contributed by atoms with Crippen LogP contribution in [0.15, 0.2) is 12.2 Å². The fraction of sp³-hybridized carbons (Fsp3) is 0.600. The van der Waals surface area contributed by atoms with Gasteiger partial charge in [-0.3, -0.25) is 14.5 Å². The van der Waals surface area contributed by atoms with Crippen molar-refractivity contribution < 1.29 is 14.7 Å². The number of amides is 1. The lowest BCUT2D eigenvalue weighted by Gasteiger charge is -2.34. The van der Waals surface area contributed by atoms with Crippen molar-refractivity contribution in [1.29, 1.82) is 0 Å². The lowest BCUT2D eigenvalue weighted by atomic mass is 10.1. The smallest absolute Gasteiger partial charge is 0.305 e. The van der Waals surface area contributed by atoms with Crippen LogP contribution in [0.25, 0.3) is 0 Å². The number of carbonyl (C=O) groups excluding carboxylic acids is 1. The Morgan fingerprint density at radius 2 is 2.40 bits per heavy atom. The van der Waals surface area contributed by atoms with Crippen molar-refractivity contribution in [3.8, 4) is 0 Å². The van der Waals surface area contributed by atoms with Gasteiger partial charge in [0.2, 0.25) is 5.91 Å². The van der Waals surface area contributed by atoms with Crippen LogP contribution in [0, 0.1) is 0 Å². The van der Waals surface area contributed by atoms with E-state index in [9.17, 15) is 9.59 Å². The molecule has 2 N–H and O–H groups in total.